The van der Waals surface area contributed by atoms with Crippen LogP contribution in [0.1, 0.15) is 11.3 Å². The zero-order valence-electron chi connectivity index (χ0n) is 14.9. The minimum absolute atomic E-state index is 0.631. The van der Waals surface area contributed by atoms with Gasteiger partial charge in [-0.15, -0.1) is 11.3 Å². The van der Waals surface area contributed by atoms with Crippen LogP contribution in [0.2, 0.25) is 0 Å². The molecule has 0 saturated heterocycles. The second-order valence-corrected chi connectivity index (χ2v) is 6.50. The van der Waals surface area contributed by atoms with Crippen LogP contribution in [0, 0.1) is 0 Å². The topological polar surface area (TPSA) is 58.5 Å². The Morgan fingerprint density at radius 3 is 2.46 bits per heavy atom. The van der Waals surface area contributed by atoms with Crippen LogP contribution in [-0.2, 0) is 13.1 Å². The maximum absolute atomic E-state index is 5.17. The highest BCUT2D eigenvalue weighted by Gasteiger charge is 2.05. The molecule has 26 heavy (non-hydrogen) atoms. The molecule has 0 amide bonds. The lowest BCUT2D eigenvalue weighted by Crippen LogP contribution is -2.36. The Balaban J connectivity index is 1.52. The van der Waals surface area contributed by atoms with Crippen LogP contribution in [-0.4, -0.2) is 25.1 Å². The van der Waals surface area contributed by atoms with E-state index in [2.05, 4.69) is 38.1 Å². The maximum atomic E-state index is 5.17. The summed E-state index contributed by atoms with van der Waals surface area (Å²) >= 11 is 1.65. The van der Waals surface area contributed by atoms with E-state index in [0.717, 1.165) is 33.5 Å². The highest BCUT2D eigenvalue weighted by Crippen LogP contribution is 2.23. The van der Waals surface area contributed by atoms with Gasteiger partial charge in [-0.05, 0) is 17.7 Å². The van der Waals surface area contributed by atoms with Crippen LogP contribution < -0.4 is 15.4 Å². The maximum Gasteiger partial charge on any atom is 0.191 e. The third-order valence-corrected chi connectivity index (χ3v) is 4.79. The van der Waals surface area contributed by atoms with Crippen molar-refractivity contribution < 1.29 is 4.74 Å². The standard InChI is InChI=1S/C20H22N4OS/c1-21-20(22-12-15-8-10-18(25-2)11-9-15)23-13-17-14-26-19(24-17)16-6-4-3-5-7-16/h3-11,14H,12-13H2,1-2H3,(H2,21,22,23). The van der Waals surface area contributed by atoms with Gasteiger partial charge in [-0.2, -0.15) is 0 Å². The lowest BCUT2D eigenvalue weighted by Gasteiger charge is -2.11. The molecule has 0 aliphatic rings. The quantitative estimate of drug-likeness (QED) is 0.516. The third-order valence-electron chi connectivity index (χ3n) is 3.85. The smallest absolute Gasteiger partial charge is 0.191 e. The first-order valence-corrected chi connectivity index (χ1v) is 9.23. The van der Waals surface area contributed by atoms with Gasteiger partial charge in [-0.1, -0.05) is 42.5 Å². The molecule has 0 atom stereocenters. The van der Waals surface area contributed by atoms with Crippen molar-refractivity contribution in [2.24, 2.45) is 4.99 Å². The normalized spacial score (nSPS) is 11.2. The van der Waals surface area contributed by atoms with E-state index in [9.17, 15) is 0 Å². The summed E-state index contributed by atoms with van der Waals surface area (Å²) in [6, 6.07) is 18.2. The molecule has 134 valence electrons. The van der Waals surface area contributed by atoms with Crippen LogP contribution in [0.25, 0.3) is 10.6 Å². The van der Waals surface area contributed by atoms with E-state index in [0.29, 0.717) is 13.1 Å². The summed E-state index contributed by atoms with van der Waals surface area (Å²) in [6.07, 6.45) is 0. The van der Waals surface area contributed by atoms with Crippen LogP contribution in [0.15, 0.2) is 65.0 Å². The molecule has 0 aliphatic heterocycles. The average Bonchev–Trinajstić information content (AvgIpc) is 3.18. The number of thiazole rings is 1. The van der Waals surface area contributed by atoms with Crippen molar-refractivity contribution >= 4 is 17.3 Å². The number of guanidine groups is 1. The fraction of sp³-hybridized carbons (Fsp3) is 0.200. The number of rotatable bonds is 6. The van der Waals surface area contributed by atoms with E-state index in [-0.39, 0.29) is 0 Å². The van der Waals surface area contributed by atoms with Gasteiger partial charge in [0.25, 0.3) is 0 Å². The van der Waals surface area contributed by atoms with Gasteiger partial charge in [0.05, 0.1) is 19.3 Å². The minimum atomic E-state index is 0.631. The van der Waals surface area contributed by atoms with Crippen molar-refractivity contribution in [3.63, 3.8) is 0 Å². The van der Waals surface area contributed by atoms with Crippen molar-refractivity contribution in [3.05, 3.63) is 71.2 Å². The van der Waals surface area contributed by atoms with Gasteiger partial charge in [-0.3, -0.25) is 4.99 Å². The molecule has 1 heterocycles. The van der Waals surface area contributed by atoms with Gasteiger partial charge in [-0.25, -0.2) is 4.98 Å². The van der Waals surface area contributed by atoms with Crippen LogP contribution >= 0.6 is 11.3 Å². The lowest BCUT2D eigenvalue weighted by atomic mass is 10.2. The number of methoxy groups -OCH3 is 1. The molecule has 6 heteroatoms. The summed E-state index contributed by atoms with van der Waals surface area (Å²) in [6.45, 7) is 1.32. The molecule has 0 aliphatic carbocycles. The minimum Gasteiger partial charge on any atom is -0.497 e. The second kappa shape index (κ2) is 9.01. The number of aromatic nitrogens is 1. The van der Waals surface area contributed by atoms with E-state index in [4.69, 9.17) is 4.74 Å². The van der Waals surface area contributed by atoms with Crippen molar-refractivity contribution in [1.29, 1.82) is 0 Å². The zero-order chi connectivity index (χ0) is 18.2. The number of benzene rings is 2. The van der Waals surface area contributed by atoms with Crippen molar-refractivity contribution in [1.82, 2.24) is 15.6 Å². The zero-order valence-corrected chi connectivity index (χ0v) is 15.7. The van der Waals surface area contributed by atoms with E-state index < -0.39 is 0 Å². The Morgan fingerprint density at radius 1 is 1.04 bits per heavy atom. The van der Waals surface area contributed by atoms with Crippen LogP contribution in [0.5, 0.6) is 5.75 Å². The van der Waals surface area contributed by atoms with Gasteiger partial charge in [0, 0.05) is 24.5 Å². The number of nitrogens with one attached hydrogen (secondary N) is 2. The van der Waals surface area contributed by atoms with Gasteiger partial charge in [0.15, 0.2) is 5.96 Å². The molecule has 0 radical (unpaired) electrons. The Bertz CT molecular complexity index is 844. The summed E-state index contributed by atoms with van der Waals surface area (Å²) < 4.78 is 5.17. The van der Waals surface area contributed by atoms with Gasteiger partial charge >= 0.3 is 0 Å². The molecular weight excluding hydrogens is 344 g/mol. The Morgan fingerprint density at radius 2 is 1.77 bits per heavy atom. The fourth-order valence-electron chi connectivity index (χ4n) is 2.43. The number of ether oxygens (including phenoxy) is 1. The summed E-state index contributed by atoms with van der Waals surface area (Å²) in [4.78, 5) is 8.95. The Labute approximate surface area is 157 Å². The second-order valence-electron chi connectivity index (χ2n) is 5.64. The van der Waals surface area contributed by atoms with E-state index in [1.807, 2.05) is 42.5 Å². The predicted octanol–water partition coefficient (Wildman–Crippen LogP) is 3.68. The van der Waals surface area contributed by atoms with Crippen LogP contribution in [0.4, 0.5) is 0 Å². The number of hydrogen-bond donors (Lipinski definition) is 2. The van der Waals surface area contributed by atoms with Crippen LogP contribution in [0.3, 0.4) is 0 Å². The Kier molecular flexibility index (Phi) is 6.22. The highest BCUT2D eigenvalue weighted by molar-refractivity contribution is 7.13. The molecule has 2 aromatic carbocycles. The van der Waals surface area contributed by atoms with Gasteiger partial charge in [0.2, 0.25) is 0 Å². The molecule has 0 bridgehead atoms. The first-order valence-electron chi connectivity index (χ1n) is 8.36. The van der Waals surface area contributed by atoms with Crippen molar-refractivity contribution in [2.75, 3.05) is 14.2 Å². The molecule has 1 aromatic heterocycles. The number of nitrogens with zero attached hydrogens (tertiary/aromatic N) is 2. The average molecular weight is 366 g/mol. The molecule has 0 spiro atoms. The largest absolute Gasteiger partial charge is 0.497 e. The van der Waals surface area contributed by atoms with E-state index >= 15 is 0 Å². The molecule has 3 rings (SSSR count). The first-order chi connectivity index (χ1) is 12.8. The summed E-state index contributed by atoms with van der Waals surface area (Å²) in [5.74, 6) is 1.60. The molecule has 0 fully saturated rings. The molecule has 3 aromatic rings. The highest BCUT2D eigenvalue weighted by atomic mass is 32.1. The van der Waals surface area contributed by atoms with Gasteiger partial charge in [0.1, 0.15) is 10.8 Å². The summed E-state index contributed by atoms with van der Waals surface area (Å²) in [5, 5.41) is 9.71. The SMILES string of the molecule is CN=C(NCc1ccc(OC)cc1)NCc1csc(-c2ccccc2)n1. The monoisotopic (exact) mass is 366 g/mol. The number of aliphatic imine (C=N–C) groups is 1. The molecule has 2 N–H and O–H groups in total. The summed E-state index contributed by atoms with van der Waals surface area (Å²) in [5.41, 5.74) is 3.31. The molecule has 5 nitrogen and oxygen atoms in total. The van der Waals surface area contributed by atoms with Gasteiger partial charge < -0.3 is 15.4 Å². The molecule has 0 saturated carbocycles. The molecular formula is C20H22N4OS. The van der Waals surface area contributed by atoms with Crippen molar-refractivity contribution in [2.45, 2.75) is 13.1 Å². The van der Waals surface area contributed by atoms with Crippen molar-refractivity contribution in [3.8, 4) is 16.3 Å². The van der Waals surface area contributed by atoms with E-state index in [1.54, 1.807) is 25.5 Å². The first kappa shape index (κ1) is 17.9. The Hall–Kier alpha value is -2.86. The number of hydrogen-bond acceptors (Lipinski definition) is 4. The molecule has 0 unspecified atom stereocenters. The lowest BCUT2D eigenvalue weighted by molar-refractivity contribution is 0.414. The van der Waals surface area contributed by atoms with E-state index in [1.165, 1.54) is 0 Å². The summed E-state index contributed by atoms with van der Waals surface area (Å²) in [7, 11) is 3.43. The predicted molar refractivity (Wildman–Crippen MR) is 108 cm³/mol. The fourth-order valence-corrected chi connectivity index (χ4v) is 3.25. The third kappa shape index (κ3) is 4.83.